The van der Waals surface area contributed by atoms with Crippen molar-refractivity contribution in [1.82, 2.24) is 9.88 Å². The molecule has 0 amide bonds. The molecule has 8 heteroatoms. The Morgan fingerprint density at radius 1 is 0.938 bits per heavy atom. The molecule has 0 radical (unpaired) electrons. The minimum Gasteiger partial charge on any atom is -0.299 e. The van der Waals surface area contributed by atoms with Gasteiger partial charge < -0.3 is 0 Å². The number of nitro groups is 1. The number of pyridine rings is 1. The molecule has 2 heterocycles. The van der Waals surface area contributed by atoms with Gasteiger partial charge in [-0.1, -0.05) is 48.5 Å². The summed E-state index contributed by atoms with van der Waals surface area (Å²) in [7, 11) is -3.74. The second-order valence-corrected chi connectivity index (χ2v) is 10.1. The maximum atomic E-state index is 12.8. The van der Waals surface area contributed by atoms with Crippen LogP contribution in [0.4, 0.5) is 5.69 Å². The van der Waals surface area contributed by atoms with Gasteiger partial charge in [-0.05, 0) is 49.7 Å². The molecule has 166 valence electrons. The van der Waals surface area contributed by atoms with Crippen molar-refractivity contribution in [3.8, 4) is 0 Å². The summed E-state index contributed by atoms with van der Waals surface area (Å²) in [5.74, 6) is -0.338. The van der Waals surface area contributed by atoms with Gasteiger partial charge in [0.2, 0.25) is 0 Å². The molecule has 2 aromatic carbocycles. The van der Waals surface area contributed by atoms with E-state index >= 15 is 0 Å². The van der Waals surface area contributed by atoms with Gasteiger partial charge in [-0.3, -0.25) is 15.0 Å². The van der Waals surface area contributed by atoms with E-state index in [9.17, 15) is 18.5 Å². The number of aromatic nitrogens is 1. The molecule has 1 saturated heterocycles. The van der Waals surface area contributed by atoms with Crippen molar-refractivity contribution in [2.24, 2.45) is 0 Å². The molecule has 7 nitrogen and oxygen atoms in total. The van der Waals surface area contributed by atoms with Gasteiger partial charge in [0, 0.05) is 24.2 Å². The molecule has 0 atom stereocenters. The molecular formula is C24H25N3O4S. The van der Waals surface area contributed by atoms with Crippen molar-refractivity contribution in [1.29, 1.82) is 0 Å². The van der Waals surface area contributed by atoms with Crippen LogP contribution in [0, 0.1) is 10.1 Å². The smallest absolute Gasteiger partial charge is 0.291 e. The lowest BCUT2D eigenvalue weighted by Crippen LogP contribution is -2.32. The summed E-state index contributed by atoms with van der Waals surface area (Å²) in [6.45, 7) is 2.69. The topological polar surface area (TPSA) is 93.4 Å². The van der Waals surface area contributed by atoms with Crippen LogP contribution < -0.4 is 0 Å². The number of piperidine rings is 1. The van der Waals surface area contributed by atoms with E-state index in [1.165, 1.54) is 23.8 Å². The summed E-state index contributed by atoms with van der Waals surface area (Å²) in [5, 5.41) is 11.5. The van der Waals surface area contributed by atoms with Gasteiger partial charge in [0.1, 0.15) is 11.4 Å². The lowest BCUT2D eigenvalue weighted by atomic mass is 9.92. The van der Waals surface area contributed by atoms with E-state index in [0.717, 1.165) is 38.2 Å². The number of benzene rings is 2. The highest BCUT2D eigenvalue weighted by molar-refractivity contribution is 7.90. The molecule has 4 rings (SSSR count). The lowest BCUT2D eigenvalue weighted by Gasteiger charge is -2.31. The van der Waals surface area contributed by atoms with Crippen LogP contribution in [0.1, 0.15) is 35.7 Å². The predicted molar refractivity (Wildman–Crippen MR) is 122 cm³/mol. The number of hydrogen-bond acceptors (Lipinski definition) is 6. The highest BCUT2D eigenvalue weighted by Crippen LogP contribution is 2.31. The summed E-state index contributed by atoms with van der Waals surface area (Å²) in [6, 6.07) is 21.4. The molecule has 1 aliphatic heterocycles. The van der Waals surface area contributed by atoms with Gasteiger partial charge in [0.15, 0.2) is 9.84 Å². The number of likely N-dealkylation sites (tertiary alicyclic amines) is 1. The van der Waals surface area contributed by atoms with Crippen molar-refractivity contribution < 1.29 is 13.3 Å². The van der Waals surface area contributed by atoms with Gasteiger partial charge in [-0.2, -0.15) is 0 Å². The third-order valence-corrected chi connectivity index (χ3v) is 7.50. The van der Waals surface area contributed by atoms with Crippen molar-refractivity contribution in [2.45, 2.75) is 36.0 Å². The number of hydrogen-bond donors (Lipinski definition) is 0. The molecule has 0 spiro atoms. The second kappa shape index (κ2) is 9.58. The fraction of sp³-hybridized carbons (Fsp3) is 0.292. The van der Waals surface area contributed by atoms with Crippen LogP contribution in [-0.2, 0) is 22.1 Å². The number of nitrogens with zero attached hydrogens (tertiary/aromatic N) is 3. The fourth-order valence-electron chi connectivity index (χ4n) is 4.13. The largest absolute Gasteiger partial charge is 0.299 e. The highest BCUT2D eigenvalue weighted by atomic mass is 32.2. The summed E-state index contributed by atoms with van der Waals surface area (Å²) in [6.07, 6.45) is 1.75. The quantitative estimate of drug-likeness (QED) is 0.392. The van der Waals surface area contributed by atoms with Crippen LogP contribution in [-0.4, -0.2) is 36.3 Å². The monoisotopic (exact) mass is 451 g/mol. The van der Waals surface area contributed by atoms with Crippen LogP contribution in [0.2, 0.25) is 0 Å². The predicted octanol–water partition coefficient (Wildman–Crippen LogP) is 4.34. The molecule has 1 aromatic heterocycles. The average Bonchev–Trinajstić information content (AvgIpc) is 2.80. The van der Waals surface area contributed by atoms with Gasteiger partial charge in [0.25, 0.3) is 5.69 Å². The third kappa shape index (κ3) is 5.20. The first kappa shape index (κ1) is 22.1. The van der Waals surface area contributed by atoms with Gasteiger partial charge in [-0.25, -0.2) is 13.4 Å². The zero-order chi connectivity index (χ0) is 22.6. The van der Waals surface area contributed by atoms with Crippen LogP contribution >= 0.6 is 0 Å². The standard InChI is InChI=1S/C24H25N3O4S/c28-27(29)24-12-11-22(25-23(24)18-32(30,31)21-9-5-2-6-10-21)20-13-15-26(16-14-20)17-19-7-3-1-4-8-19/h1-12,20H,13-18H2. The van der Waals surface area contributed by atoms with Crippen LogP contribution in [0.5, 0.6) is 0 Å². The fourth-order valence-corrected chi connectivity index (χ4v) is 5.44. The Bertz CT molecular complexity index is 1180. The summed E-state index contributed by atoms with van der Waals surface area (Å²) in [5.41, 5.74) is 1.75. The zero-order valence-electron chi connectivity index (χ0n) is 17.6. The van der Waals surface area contributed by atoms with Crippen molar-refractivity contribution in [3.63, 3.8) is 0 Å². The van der Waals surface area contributed by atoms with E-state index < -0.39 is 20.5 Å². The Balaban J connectivity index is 1.50. The Labute approximate surface area is 187 Å². The SMILES string of the molecule is O=[N+]([O-])c1ccc(C2CCN(Cc3ccccc3)CC2)nc1CS(=O)(=O)c1ccccc1. The van der Waals surface area contributed by atoms with E-state index in [4.69, 9.17) is 0 Å². The lowest BCUT2D eigenvalue weighted by molar-refractivity contribution is -0.385. The van der Waals surface area contributed by atoms with Crippen LogP contribution in [0.15, 0.2) is 77.7 Å². The van der Waals surface area contributed by atoms with Crippen LogP contribution in [0.3, 0.4) is 0 Å². The molecule has 32 heavy (non-hydrogen) atoms. The van der Waals surface area contributed by atoms with E-state index in [-0.39, 0.29) is 22.2 Å². The first-order chi connectivity index (χ1) is 15.4. The van der Waals surface area contributed by atoms with E-state index in [0.29, 0.717) is 0 Å². The first-order valence-electron chi connectivity index (χ1n) is 10.6. The average molecular weight is 452 g/mol. The molecule has 0 aliphatic carbocycles. The summed E-state index contributed by atoms with van der Waals surface area (Å²) < 4.78 is 25.6. The molecule has 0 saturated carbocycles. The zero-order valence-corrected chi connectivity index (χ0v) is 18.4. The molecule has 0 bridgehead atoms. The van der Waals surface area contributed by atoms with Crippen molar-refractivity contribution in [2.75, 3.05) is 13.1 Å². The van der Waals surface area contributed by atoms with Crippen LogP contribution in [0.25, 0.3) is 0 Å². The molecular weight excluding hydrogens is 426 g/mol. The molecule has 1 fully saturated rings. The van der Waals surface area contributed by atoms with Gasteiger partial charge in [-0.15, -0.1) is 0 Å². The number of rotatable bonds is 7. The Morgan fingerprint density at radius 2 is 1.56 bits per heavy atom. The van der Waals surface area contributed by atoms with Crippen molar-refractivity contribution in [3.05, 3.63) is 99.9 Å². The number of sulfone groups is 1. The van der Waals surface area contributed by atoms with E-state index in [1.807, 2.05) is 18.2 Å². The normalized spacial score (nSPS) is 15.5. The second-order valence-electron chi connectivity index (χ2n) is 8.07. The molecule has 0 N–H and O–H groups in total. The minimum atomic E-state index is -3.74. The molecule has 0 unspecified atom stereocenters. The Kier molecular flexibility index (Phi) is 6.62. The molecule has 3 aromatic rings. The summed E-state index contributed by atoms with van der Waals surface area (Å²) in [4.78, 5) is 18.0. The highest BCUT2D eigenvalue weighted by Gasteiger charge is 2.27. The first-order valence-corrected chi connectivity index (χ1v) is 12.3. The summed E-state index contributed by atoms with van der Waals surface area (Å²) >= 11 is 0. The van der Waals surface area contributed by atoms with Gasteiger partial charge in [0.05, 0.1) is 9.82 Å². The van der Waals surface area contributed by atoms with E-state index in [1.54, 1.807) is 24.3 Å². The minimum absolute atomic E-state index is 0.00284. The third-order valence-electron chi connectivity index (χ3n) is 5.85. The van der Waals surface area contributed by atoms with Gasteiger partial charge >= 0.3 is 0 Å². The maximum absolute atomic E-state index is 12.8. The Morgan fingerprint density at radius 3 is 2.19 bits per heavy atom. The molecule has 1 aliphatic rings. The van der Waals surface area contributed by atoms with Crippen molar-refractivity contribution >= 4 is 15.5 Å². The van der Waals surface area contributed by atoms with E-state index in [2.05, 4.69) is 22.0 Å². The maximum Gasteiger partial charge on any atom is 0.291 e. The Hall–Kier alpha value is -3.10.